The first-order chi connectivity index (χ1) is 20.0. The number of hydrogen-bond donors (Lipinski definition) is 3. The van der Waals surface area contributed by atoms with Crippen molar-refractivity contribution in [1.82, 2.24) is 10.6 Å². The van der Waals surface area contributed by atoms with E-state index in [4.69, 9.17) is 9.84 Å². The molecule has 41 heavy (non-hydrogen) atoms. The highest BCUT2D eigenvalue weighted by Gasteiger charge is 2.06. The van der Waals surface area contributed by atoms with Crippen LogP contribution in [0.4, 0.5) is 0 Å². The number of nitrogens with one attached hydrogen (secondary N) is 2. The van der Waals surface area contributed by atoms with Crippen molar-refractivity contribution in [3.8, 4) is 5.75 Å². The summed E-state index contributed by atoms with van der Waals surface area (Å²) in [5, 5.41) is 15.8. The predicted molar refractivity (Wildman–Crippen MR) is 176 cm³/mol. The fraction of sp³-hybridized carbons (Fsp3) is 0.529. The van der Waals surface area contributed by atoms with Gasteiger partial charge in [0.2, 0.25) is 0 Å². The van der Waals surface area contributed by atoms with Crippen molar-refractivity contribution in [1.29, 1.82) is 0 Å². The van der Waals surface area contributed by atoms with Crippen molar-refractivity contribution in [2.45, 2.75) is 86.1 Å². The van der Waals surface area contributed by atoms with Crippen molar-refractivity contribution >= 4 is 18.8 Å². The first-order valence-electron chi connectivity index (χ1n) is 14.9. The lowest BCUT2D eigenvalue weighted by Crippen LogP contribution is -2.33. The smallest absolute Gasteiger partial charge is 0.293 e. The SMILES string of the molecule is C=CCC(=C)/C(C=O)=C/c1ccccc1OC.CC.CC.CCCCCNC(CC)CCNC/C(=C\O)COC=O. The second kappa shape index (κ2) is 33.0. The number of aliphatic hydroxyl groups excluding tert-OH is 1. The number of aliphatic hydroxyl groups is 1. The fourth-order valence-electron chi connectivity index (χ4n) is 3.40. The van der Waals surface area contributed by atoms with Gasteiger partial charge in [0, 0.05) is 29.3 Å². The Bertz CT molecular complexity index is 849. The van der Waals surface area contributed by atoms with Gasteiger partial charge in [-0.25, -0.2) is 0 Å². The molecule has 0 aliphatic rings. The highest BCUT2D eigenvalue weighted by atomic mass is 16.5. The summed E-state index contributed by atoms with van der Waals surface area (Å²) >= 11 is 0. The molecule has 0 spiro atoms. The van der Waals surface area contributed by atoms with Gasteiger partial charge in [-0.1, -0.05) is 85.2 Å². The van der Waals surface area contributed by atoms with Crippen LogP contribution in [0, 0.1) is 0 Å². The minimum Gasteiger partial charge on any atom is -0.515 e. The zero-order valence-electron chi connectivity index (χ0n) is 26.8. The van der Waals surface area contributed by atoms with Crippen LogP contribution >= 0.6 is 0 Å². The molecule has 0 amide bonds. The van der Waals surface area contributed by atoms with Gasteiger partial charge in [0.25, 0.3) is 6.47 Å². The van der Waals surface area contributed by atoms with Crippen molar-refractivity contribution in [3.05, 3.63) is 72.0 Å². The molecule has 0 fully saturated rings. The topological polar surface area (TPSA) is 96.9 Å². The van der Waals surface area contributed by atoms with Gasteiger partial charge in [-0.2, -0.15) is 0 Å². The average Bonchev–Trinajstić information content (AvgIpc) is 3.03. The molecular formula is C34H58N2O5. The van der Waals surface area contributed by atoms with Crippen molar-refractivity contribution in [2.75, 3.05) is 33.4 Å². The van der Waals surface area contributed by atoms with E-state index in [1.165, 1.54) is 19.3 Å². The number of carbonyl (C=O) groups is 2. The van der Waals surface area contributed by atoms with E-state index in [0.717, 1.165) is 55.4 Å². The van der Waals surface area contributed by atoms with E-state index < -0.39 is 0 Å². The standard InChI is InChI=1S/C15H30N2O3.C15H16O2.2C2H6/c1-3-5-6-8-17-15(4-2)7-9-16-10-14(11-18)12-20-13-19;1-4-7-12(2)14(11-16)10-13-8-5-6-9-15(13)17-3;2*1-2/h11,13,15-18H,3-10,12H2,1-2H3;4-6,8-11H,1-2,7H2,3H3;2*1-2H3/b14-11+;14-10+;;. The van der Waals surface area contributed by atoms with Crippen LogP contribution in [0.2, 0.25) is 0 Å². The van der Waals surface area contributed by atoms with Crippen LogP contribution in [0.15, 0.2) is 66.5 Å². The summed E-state index contributed by atoms with van der Waals surface area (Å²) in [6.45, 7) is 22.9. The van der Waals surface area contributed by atoms with Crippen LogP contribution in [-0.4, -0.2) is 57.3 Å². The van der Waals surface area contributed by atoms with Crippen LogP contribution in [0.5, 0.6) is 5.75 Å². The lowest BCUT2D eigenvalue weighted by molar-refractivity contribution is -0.127. The molecule has 3 N–H and O–H groups in total. The molecule has 1 rings (SSSR count). The second-order valence-corrected chi connectivity index (χ2v) is 8.48. The molecule has 234 valence electrons. The maximum absolute atomic E-state index is 11.0. The summed E-state index contributed by atoms with van der Waals surface area (Å²) in [5.41, 5.74) is 2.85. The number of ether oxygens (including phenoxy) is 2. The molecule has 0 saturated carbocycles. The number of methoxy groups -OCH3 is 1. The van der Waals surface area contributed by atoms with Gasteiger partial charge in [0.1, 0.15) is 18.6 Å². The summed E-state index contributed by atoms with van der Waals surface area (Å²) in [6.07, 6.45) is 11.8. The predicted octanol–water partition coefficient (Wildman–Crippen LogP) is 7.60. The van der Waals surface area contributed by atoms with Gasteiger partial charge in [0.05, 0.1) is 13.4 Å². The number of aldehydes is 1. The summed E-state index contributed by atoms with van der Waals surface area (Å²) in [6, 6.07) is 8.06. The van der Waals surface area contributed by atoms with E-state index in [0.29, 0.717) is 36.6 Å². The molecule has 7 heteroatoms. The molecule has 7 nitrogen and oxygen atoms in total. The number of allylic oxidation sites excluding steroid dienone is 3. The number of hydrogen-bond acceptors (Lipinski definition) is 7. The Morgan fingerprint density at radius 1 is 1.07 bits per heavy atom. The maximum Gasteiger partial charge on any atom is 0.293 e. The number of benzene rings is 1. The minimum absolute atomic E-state index is 0.138. The minimum atomic E-state index is 0.138. The van der Waals surface area contributed by atoms with Crippen LogP contribution in [0.25, 0.3) is 6.08 Å². The first kappa shape index (κ1) is 42.3. The normalized spacial score (nSPS) is 11.2. The lowest BCUT2D eigenvalue weighted by atomic mass is 10.0. The zero-order valence-corrected chi connectivity index (χ0v) is 26.8. The van der Waals surface area contributed by atoms with Gasteiger partial charge in [-0.05, 0) is 56.5 Å². The molecule has 1 aromatic carbocycles. The summed E-state index contributed by atoms with van der Waals surface area (Å²) in [4.78, 5) is 21.1. The maximum atomic E-state index is 11.0. The highest BCUT2D eigenvalue weighted by molar-refractivity contribution is 5.88. The molecular weight excluding hydrogens is 516 g/mol. The third-order valence-corrected chi connectivity index (χ3v) is 5.62. The molecule has 0 aromatic heterocycles. The molecule has 0 aliphatic heterocycles. The number of unbranched alkanes of at least 4 members (excludes halogenated alkanes) is 2. The zero-order chi connectivity index (χ0) is 31.7. The van der Waals surface area contributed by atoms with E-state index in [2.05, 4.69) is 42.4 Å². The Kier molecular flexibility index (Phi) is 34.1. The number of rotatable bonds is 20. The fourth-order valence-corrected chi connectivity index (χ4v) is 3.40. The highest BCUT2D eigenvalue weighted by Crippen LogP contribution is 2.22. The monoisotopic (exact) mass is 574 g/mol. The Morgan fingerprint density at radius 3 is 2.29 bits per heavy atom. The quantitative estimate of drug-likeness (QED) is 0.0368. The Hall–Kier alpha value is -3.16. The molecule has 0 bridgehead atoms. The van der Waals surface area contributed by atoms with Crippen molar-refractivity contribution in [2.24, 2.45) is 0 Å². The third kappa shape index (κ3) is 23.3. The van der Waals surface area contributed by atoms with Gasteiger partial charge in [0.15, 0.2) is 0 Å². The molecule has 1 unspecified atom stereocenters. The summed E-state index contributed by atoms with van der Waals surface area (Å²) in [5.74, 6) is 0.734. The summed E-state index contributed by atoms with van der Waals surface area (Å²) < 4.78 is 9.82. The second-order valence-electron chi connectivity index (χ2n) is 8.48. The average molecular weight is 575 g/mol. The molecule has 0 radical (unpaired) electrons. The van der Waals surface area contributed by atoms with Gasteiger partial charge < -0.3 is 25.2 Å². The Morgan fingerprint density at radius 2 is 1.76 bits per heavy atom. The third-order valence-electron chi connectivity index (χ3n) is 5.62. The van der Waals surface area contributed by atoms with E-state index >= 15 is 0 Å². The van der Waals surface area contributed by atoms with E-state index in [-0.39, 0.29) is 6.61 Å². The van der Waals surface area contributed by atoms with E-state index in [1.807, 2.05) is 52.0 Å². The largest absolute Gasteiger partial charge is 0.515 e. The summed E-state index contributed by atoms with van der Waals surface area (Å²) in [7, 11) is 1.60. The molecule has 1 aromatic rings. The van der Waals surface area contributed by atoms with Crippen LogP contribution < -0.4 is 15.4 Å². The van der Waals surface area contributed by atoms with E-state index in [9.17, 15) is 9.59 Å². The molecule has 0 heterocycles. The van der Waals surface area contributed by atoms with Crippen LogP contribution in [0.3, 0.4) is 0 Å². The molecule has 0 saturated heterocycles. The van der Waals surface area contributed by atoms with E-state index in [1.54, 1.807) is 19.3 Å². The molecule has 1 atom stereocenters. The van der Waals surface area contributed by atoms with Gasteiger partial charge in [-0.3, -0.25) is 9.59 Å². The van der Waals surface area contributed by atoms with Crippen LogP contribution in [-0.2, 0) is 14.3 Å². The Labute approximate surface area is 250 Å². The lowest BCUT2D eigenvalue weighted by Gasteiger charge is -2.17. The van der Waals surface area contributed by atoms with Gasteiger partial charge >= 0.3 is 0 Å². The van der Waals surface area contributed by atoms with Gasteiger partial charge in [-0.15, -0.1) is 6.58 Å². The Balaban J connectivity index is -0.000000632. The first-order valence-corrected chi connectivity index (χ1v) is 14.9. The van der Waals surface area contributed by atoms with Crippen molar-refractivity contribution < 1.29 is 24.2 Å². The van der Waals surface area contributed by atoms with Crippen LogP contribution in [0.1, 0.15) is 85.6 Å². The molecule has 0 aliphatic carbocycles. The number of carbonyl (C=O) groups excluding carboxylic acids is 2. The van der Waals surface area contributed by atoms with Crippen molar-refractivity contribution in [3.63, 3.8) is 0 Å². The number of para-hydroxylation sites is 1.